The molecule has 1 rings (SSSR count). The van der Waals surface area contributed by atoms with Gasteiger partial charge < -0.3 is 0 Å². The lowest BCUT2D eigenvalue weighted by molar-refractivity contribution is 1.14. The summed E-state index contributed by atoms with van der Waals surface area (Å²) in [6.45, 7) is 3.94. The van der Waals surface area contributed by atoms with Gasteiger partial charge in [-0.1, -0.05) is 11.6 Å². The first-order valence-electron chi connectivity index (χ1n) is 2.90. The summed E-state index contributed by atoms with van der Waals surface area (Å²) < 4.78 is 0.859. The van der Waals surface area contributed by atoms with Crippen LogP contribution in [0, 0.1) is 13.8 Å². The van der Waals surface area contributed by atoms with Gasteiger partial charge in [0.2, 0.25) is 0 Å². The molecule has 0 saturated carbocycles. The molecule has 3 heteroatoms. The third kappa shape index (κ3) is 1.50. The molecule has 0 radical (unpaired) electrons. The van der Waals surface area contributed by atoms with Crippen molar-refractivity contribution < 1.29 is 0 Å². The van der Waals surface area contributed by atoms with Crippen molar-refractivity contribution >= 4 is 27.5 Å². The van der Waals surface area contributed by atoms with Gasteiger partial charge in [-0.15, -0.1) is 0 Å². The van der Waals surface area contributed by atoms with Crippen LogP contribution in [0.5, 0.6) is 0 Å². The van der Waals surface area contributed by atoms with E-state index in [1.807, 2.05) is 19.9 Å². The van der Waals surface area contributed by atoms with Crippen LogP contribution in [0.1, 0.15) is 11.3 Å². The quantitative estimate of drug-likeness (QED) is 0.612. The van der Waals surface area contributed by atoms with Crippen molar-refractivity contribution in [1.29, 1.82) is 0 Å². The summed E-state index contributed by atoms with van der Waals surface area (Å²) in [6, 6.07) is 1.96. The lowest BCUT2D eigenvalue weighted by Gasteiger charge is -2.00. The van der Waals surface area contributed by atoms with Crippen LogP contribution in [-0.4, -0.2) is 4.98 Å². The van der Waals surface area contributed by atoms with Crippen LogP contribution >= 0.6 is 27.5 Å². The fourth-order valence-electron chi connectivity index (χ4n) is 0.643. The molecule has 1 nitrogen and oxygen atoms in total. The third-order valence-corrected chi connectivity index (χ3v) is 2.50. The second-order valence-corrected chi connectivity index (χ2v) is 3.38. The average Bonchev–Trinajstić information content (AvgIpc) is 1.84. The number of hydrogen-bond acceptors (Lipinski definition) is 1. The Labute approximate surface area is 73.6 Å². The fourth-order valence-corrected chi connectivity index (χ4v) is 1.26. The molecule has 0 bridgehead atoms. The summed E-state index contributed by atoms with van der Waals surface area (Å²) in [6.07, 6.45) is 0. The van der Waals surface area contributed by atoms with E-state index in [1.165, 1.54) is 0 Å². The van der Waals surface area contributed by atoms with Gasteiger partial charge in [-0.3, -0.25) is 0 Å². The van der Waals surface area contributed by atoms with E-state index in [0.717, 1.165) is 15.7 Å². The molecular weight excluding hydrogens is 213 g/mol. The molecule has 54 valence electrons. The first-order valence-corrected chi connectivity index (χ1v) is 4.07. The molecule has 0 unspecified atom stereocenters. The molecule has 0 atom stereocenters. The van der Waals surface area contributed by atoms with Crippen LogP contribution in [0.15, 0.2) is 10.5 Å². The van der Waals surface area contributed by atoms with Gasteiger partial charge in [0, 0.05) is 5.69 Å². The highest BCUT2D eigenvalue weighted by Gasteiger charge is 2.00. The lowest BCUT2D eigenvalue weighted by atomic mass is 10.2. The van der Waals surface area contributed by atoms with E-state index in [9.17, 15) is 0 Å². The van der Waals surface area contributed by atoms with E-state index < -0.39 is 0 Å². The molecular formula is C7H7BrClN. The normalized spacial score (nSPS) is 10.0. The number of aryl methyl sites for hydroxylation is 2. The van der Waals surface area contributed by atoms with Gasteiger partial charge in [0.25, 0.3) is 0 Å². The fraction of sp³-hybridized carbons (Fsp3) is 0.286. The highest BCUT2D eigenvalue weighted by atomic mass is 79.9. The van der Waals surface area contributed by atoms with E-state index in [-0.39, 0.29) is 0 Å². The summed E-state index contributed by atoms with van der Waals surface area (Å²) in [5.74, 6) is 0. The Hall–Kier alpha value is -0.0800. The maximum atomic E-state index is 5.73. The standard InChI is InChI=1S/C7H7BrClN/c1-4-3-6(8)7(9)10-5(4)2/h3H,1-2H3. The third-order valence-electron chi connectivity index (χ3n) is 1.38. The smallest absolute Gasteiger partial charge is 0.143 e. The largest absolute Gasteiger partial charge is 0.240 e. The van der Waals surface area contributed by atoms with E-state index in [2.05, 4.69) is 20.9 Å². The van der Waals surface area contributed by atoms with E-state index in [4.69, 9.17) is 11.6 Å². The summed E-state index contributed by atoms with van der Waals surface area (Å²) in [5, 5.41) is 0.531. The van der Waals surface area contributed by atoms with Crippen molar-refractivity contribution in [2.45, 2.75) is 13.8 Å². The minimum absolute atomic E-state index is 0.531. The van der Waals surface area contributed by atoms with Crippen molar-refractivity contribution in [3.63, 3.8) is 0 Å². The SMILES string of the molecule is Cc1cc(Br)c(Cl)nc1C. The highest BCUT2D eigenvalue weighted by Crippen LogP contribution is 2.21. The van der Waals surface area contributed by atoms with Crippen molar-refractivity contribution in [3.05, 3.63) is 26.9 Å². The molecule has 0 aromatic carbocycles. The number of hydrogen-bond donors (Lipinski definition) is 0. The van der Waals surface area contributed by atoms with Crippen LogP contribution in [0.4, 0.5) is 0 Å². The van der Waals surface area contributed by atoms with Gasteiger partial charge in [0.15, 0.2) is 0 Å². The summed E-state index contributed by atoms with van der Waals surface area (Å²) in [7, 11) is 0. The number of rotatable bonds is 0. The molecule has 10 heavy (non-hydrogen) atoms. The first-order chi connectivity index (χ1) is 4.61. The zero-order valence-corrected chi connectivity index (χ0v) is 8.12. The summed E-state index contributed by atoms with van der Waals surface area (Å²) >= 11 is 9.01. The molecule has 0 fully saturated rings. The minimum atomic E-state index is 0.531. The average molecular weight is 220 g/mol. The van der Waals surface area contributed by atoms with Crippen molar-refractivity contribution in [1.82, 2.24) is 4.98 Å². The molecule has 0 spiro atoms. The topological polar surface area (TPSA) is 12.9 Å². The van der Waals surface area contributed by atoms with E-state index >= 15 is 0 Å². The summed E-state index contributed by atoms with van der Waals surface area (Å²) in [5.41, 5.74) is 2.13. The summed E-state index contributed by atoms with van der Waals surface area (Å²) in [4.78, 5) is 4.09. The Morgan fingerprint density at radius 3 is 2.60 bits per heavy atom. The van der Waals surface area contributed by atoms with Gasteiger partial charge in [0.1, 0.15) is 5.15 Å². The van der Waals surface area contributed by atoms with Gasteiger partial charge in [-0.05, 0) is 41.4 Å². The van der Waals surface area contributed by atoms with Gasteiger partial charge in [-0.25, -0.2) is 4.98 Å². The van der Waals surface area contributed by atoms with Gasteiger partial charge >= 0.3 is 0 Å². The van der Waals surface area contributed by atoms with Gasteiger partial charge in [0.05, 0.1) is 4.47 Å². The number of nitrogens with zero attached hydrogens (tertiary/aromatic N) is 1. The Bertz CT molecular complexity index is 210. The van der Waals surface area contributed by atoms with Crippen LogP contribution in [0.25, 0.3) is 0 Å². The Morgan fingerprint density at radius 1 is 1.50 bits per heavy atom. The Morgan fingerprint density at radius 2 is 2.10 bits per heavy atom. The lowest BCUT2D eigenvalue weighted by Crippen LogP contribution is -1.87. The zero-order valence-electron chi connectivity index (χ0n) is 5.78. The molecule has 0 amide bonds. The number of halogens is 2. The Balaban J connectivity index is 3.28. The first kappa shape index (κ1) is 8.02. The minimum Gasteiger partial charge on any atom is -0.240 e. The van der Waals surface area contributed by atoms with Crippen molar-refractivity contribution in [2.75, 3.05) is 0 Å². The molecule has 0 aliphatic rings. The van der Waals surface area contributed by atoms with Crippen LogP contribution in [-0.2, 0) is 0 Å². The van der Waals surface area contributed by atoms with Crippen LogP contribution < -0.4 is 0 Å². The van der Waals surface area contributed by atoms with Crippen molar-refractivity contribution in [2.24, 2.45) is 0 Å². The molecule has 0 saturated heterocycles. The second-order valence-electron chi connectivity index (χ2n) is 2.16. The predicted octanol–water partition coefficient (Wildman–Crippen LogP) is 3.11. The van der Waals surface area contributed by atoms with E-state index in [1.54, 1.807) is 0 Å². The molecule has 1 heterocycles. The Kier molecular flexibility index (Phi) is 2.32. The molecule has 1 aromatic rings. The molecule has 0 N–H and O–H groups in total. The molecule has 0 aliphatic carbocycles. The number of aromatic nitrogens is 1. The zero-order chi connectivity index (χ0) is 7.72. The number of pyridine rings is 1. The van der Waals surface area contributed by atoms with Crippen molar-refractivity contribution in [3.8, 4) is 0 Å². The predicted molar refractivity (Wildman–Crippen MR) is 46.4 cm³/mol. The second kappa shape index (κ2) is 2.89. The van der Waals surface area contributed by atoms with Crippen LogP contribution in [0.3, 0.4) is 0 Å². The maximum Gasteiger partial charge on any atom is 0.143 e. The highest BCUT2D eigenvalue weighted by molar-refractivity contribution is 9.10. The monoisotopic (exact) mass is 219 g/mol. The van der Waals surface area contributed by atoms with E-state index in [0.29, 0.717) is 5.15 Å². The molecule has 0 aliphatic heterocycles. The van der Waals surface area contributed by atoms with Crippen LogP contribution in [0.2, 0.25) is 5.15 Å². The molecule has 1 aromatic heterocycles. The van der Waals surface area contributed by atoms with Gasteiger partial charge in [-0.2, -0.15) is 0 Å². The maximum absolute atomic E-state index is 5.73.